The number of hydrogen-bond acceptors (Lipinski definition) is 3. The van der Waals surface area contributed by atoms with E-state index in [1.165, 1.54) is 0 Å². The quantitative estimate of drug-likeness (QED) is 0.812. The lowest BCUT2D eigenvalue weighted by molar-refractivity contribution is -0.129. The zero-order valence-electron chi connectivity index (χ0n) is 10.8. The molecule has 1 aromatic heterocycles. The summed E-state index contributed by atoms with van der Waals surface area (Å²) in [7, 11) is 0. The zero-order valence-corrected chi connectivity index (χ0v) is 10.8. The van der Waals surface area contributed by atoms with Crippen molar-refractivity contribution in [1.82, 2.24) is 15.2 Å². The highest BCUT2D eigenvalue weighted by molar-refractivity contribution is 5.92. The highest BCUT2D eigenvalue weighted by Crippen LogP contribution is 2.38. The highest BCUT2D eigenvalue weighted by Gasteiger charge is 2.45. The second-order valence-corrected chi connectivity index (χ2v) is 5.29. The molecule has 0 aromatic carbocycles. The van der Waals surface area contributed by atoms with Crippen molar-refractivity contribution in [3.63, 3.8) is 0 Å². The first-order chi connectivity index (χ1) is 9.21. The van der Waals surface area contributed by atoms with Crippen molar-refractivity contribution in [1.29, 1.82) is 0 Å². The first-order valence-corrected chi connectivity index (χ1v) is 6.70. The summed E-state index contributed by atoms with van der Waals surface area (Å²) in [5, 5.41) is 2.90. The number of aromatic nitrogens is 1. The van der Waals surface area contributed by atoms with E-state index in [0.717, 1.165) is 25.8 Å². The third-order valence-electron chi connectivity index (χ3n) is 4.26. The largest absolute Gasteiger partial charge is 0.356 e. The van der Waals surface area contributed by atoms with Crippen LogP contribution in [-0.4, -0.2) is 41.3 Å². The number of amides is 2. The van der Waals surface area contributed by atoms with Gasteiger partial charge >= 0.3 is 0 Å². The summed E-state index contributed by atoms with van der Waals surface area (Å²) in [5.74, 6) is 0.131. The Bertz CT molecular complexity index is 493. The van der Waals surface area contributed by atoms with Gasteiger partial charge in [0.1, 0.15) is 5.69 Å². The second-order valence-electron chi connectivity index (χ2n) is 5.29. The van der Waals surface area contributed by atoms with Crippen LogP contribution < -0.4 is 5.32 Å². The van der Waals surface area contributed by atoms with Crippen LogP contribution in [0.15, 0.2) is 24.4 Å². The molecule has 0 saturated carbocycles. The molecule has 5 nitrogen and oxygen atoms in total. The van der Waals surface area contributed by atoms with Crippen LogP contribution in [0.2, 0.25) is 0 Å². The molecule has 5 heteroatoms. The minimum atomic E-state index is -0.221. The molecule has 2 fully saturated rings. The molecule has 1 spiro atoms. The minimum absolute atomic E-state index is 0.0335. The van der Waals surface area contributed by atoms with Crippen LogP contribution in [0.1, 0.15) is 29.8 Å². The first-order valence-electron chi connectivity index (χ1n) is 6.70. The summed E-state index contributed by atoms with van der Waals surface area (Å²) in [6, 6.07) is 5.34. The van der Waals surface area contributed by atoms with Gasteiger partial charge in [0.25, 0.3) is 5.91 Å². The summed E-state index contributed by atoms with van der Waals surface area (Å²) in [6.45, 7) is 2.05. The third kappa shape index (κ3) is 2.09. The van der Waals surface area contributed by atoms with Gasteiger partial charge in [-0.2, -0.15) is 0 Å². The standard InChI is InChI=1S/C14H17N3O2/c18-12(11-3-1-2-7-15-11)17-9-5-14(6-10-17)4-8-16-13(14)19/h1-3,7H,4-6,8-10H2,(H,16,19). The monoisotopic (exact) mass is 259 g/mol. The maximum Gasteiger partial charge on any atom is 0.272 e. The van der Waals surface area contributed by atoms with Gasteiger partial charge in [-0.15, -0.1) is 0 Å². The highest BCUT2D eigenvalue weighted by atomic mass is 16.2. The van der Waals surface area contributed by atoms with E-state index in [1.807, 2.05) is 6.07 Å². The molecule has 0 bridgehead atoms. The Morgan fingerprint density at radius 2 is 2.05 bits per heavy atom. The lowest BCUT2D eigenvalue weighted by atomic mass is 9.77. The number of hydrogen-bond donors (Lipinski definition) is 1. The maximum atomic E-state index is 12.2. The molecular formula is C14H17N3O2. The normalized spacial score (nSPS) is 21.5. The average molecular weight is 259 g/mol. The molecule has 0 aliphatic carbocycles. The van der Waals surface area contributed by atoms with Crippen LogP contribution >= 0.6 is 0 Å². The predicted molar refractivity (Wildman–Crippen MR) is 69.4 cm³/mol. The zero-order chi connectivity index (χ0) is 13.3. The number of rotatable bonds is 1. The molecule has 0 unspecified atom stereocenters. The predicted octanol–water partition coefficient (Wildman–Crippen LogP) is 0.824. The summed E-state index contributed by atoms with van der Waals surface area (Å²) in [4.78, 5) is 30.0. The van der Waals surface area contributed by atoms with Crippen molar-refractivity contribution in [2.24, 2.45) is 5.41 Å². The van der Waals surface area contributed by atoms with Crippen molar-refractivity contribution in [3.05, 3.63) is 30.1 Å². The van der Waals surface area contributed by atoms with Crippen molar-refractivity contribution >= 4 is 11.8 Å². The number of nitrogens with one attached hydrogen (secondary N) is 1. The van der Waals surface area contributed by atoms with Gasteiger partial charge < -0.3 is 10.2 Å². The van der Waals surface area contributed by atoms with Gasteiger partial charge in [-0.3, -0.25) is 14.6 Å². The molecule has 100 valence electrons. The topological polar surface area (TPSA) is 62.3 Å². The van der Waals surface area contributed by atoms with Crippen LogP contribution in [-0.2, 0) is 4.79 Å². The Balaban J connectivity index is 1.68. The number of likely N-dealkylation sites (tertiary alicyclic amines) is 1. The molecule has 2 aliphatic heterocycles. The molecule has 0 atom stereocenters. The fraction of sp³-hybridized carbons (Fsp3) is 0.500. The van der Waals surface area contributed by atoms with Gasteiger partial charge in [0.05, 0.1) is 5.41 Å². The Labute approximate surface area is 112 Å². The van der Waals surface area contributed by atoms with Gasteiger partial charge in [-0.05, 0) is 31.4 Å². The fourth-order valence-electron chi connectivity index (χ4n) is 2.98. The van der Waals surface area contributed by atoms with Crippen molar-refractivity contribution < 1.29 is 9.59 Å². The van der Waals surface area contributed by atoms with Crippen LogP contribution in [0.3, 0.4) is 0 Å². The average Bonchev–Trinajstić information content (AvgIpc) is 2.81. The van der Waals surface area contributed by atoms with E-state index >= 15 is 0 Å². The first kappa shape index (κ1) is 12.1. The van der Waals surface area contributed by atoms with E-state index in [9.17, 15) is 9.59 Å². The van der Waals surface area contributed by atoms with E-state index in [1.54, 1.807) is 23.2 Å². The molecular weight excluding hydrogens is 242 g/mol. The van der Waals surface area contributed by atoms with Gasteiger partial charge in [0, 0.05) is 25.8 Å². The van der Waals surface area contributed by atoms with Crippen molar-refractivity contribution in [2.45, 2.75) is 19.3 Å². The van der Waals surface area contributed by atoms with Gasteiger partial charge in [0.2, 0.25) is 5.91 Å². The molecule has 2 saturated heterocycles. The van der Waals surface area contributed by atoms with E-state index < -0.39 is 0 Å². The Hall–Kier alpha value is -1.91. The summed E-state index contributed by atoms with van der Waals surface area (Å²) in [6.07, 6.45) is 4.05. The molecule has 0 radical (unpaired) electrons. The number of piperidine rings is 1. The minimum Gasteiger partial charge on any atom is -0.356 e. The SMILES string of the molecule is O=C(c1ccccn1)N1CCC2(CCNC2=O)CC1. The number of pyridine rings is 1. The molecule has 2 aliphatic rings. The van der Waals surface area contributed by atoms with E-state index in [-0.39, 0.29) is 17.2 Å². The summed E-state index contributed by atoms with van der Waals surface area (Å²) in [5.41, 5.74) is 0.260. The van der Waals surface area contributed by atoms with Gasteiger partial charge in [-0.1, -0.05) is 6.07 Å². The Kier molecular flexibility index (Phi) is 2.97. The molecule has 3 rings (SSSR count). The number of carbonyl (C=O) groups is 2. The van der Waals surface area contributed by atoms with Gasteiger partial charge in [-0.25, -0.2) is 0 Å². The molecule has 1 N–H and O–H groups in total. The third-order valence-corrected chi connectivity index (χ3v) is 4.26. The Morgan fingerprint density at radius 3 is 2.63 bits per heavy atom. The molecule has 2 amide bonds. The lowest BCUT2D eigenvalue weighted by Crippen LogP contribution is -2.46. The molecule has 3 heterocycles. The van der Waals surface area contributed by atoms with Crippen LogP contribution in [0.25, 0.3) is 0 Å². The van der Waals surface area contributed by atoms with Crippen LogP contribution in [0, 0.1) is 5.41 Å². The fourth-order valence-corrected chi connectivity index (χ4v) is 2.98. The lowest BCUT2D eigenvalue weighted by Gasteiger charge is -2.37. The molecule has 19 heavy (non-hydrogen) atoms. The summed E-state index contributed by atoms with van der Waals surface area (Å²) >= 11 is 0. The smallest absolute Gasteiger partial charge is 0.272 e. The van der Waals surface area contributed by atoms with E-state index in [2.05, 4.69) is 10.3 Å². The Morgan fingerprint density at radius 1 is 1.26 bits per heavy atom. The number of carbonyl (C=O) groups excluding carboxylic acids is 2. The van der Waals surface area contributed by atoms with E-state index in [4.69, 9.17) is 0 Å². The second kappa shape index (κ2) is 4.64. The van der Waals surface area contributed by atoms with Crippen molar-refractivity contribution in [3.8, 4) is 0 Å². The van der Waals surface area contributed by atoms with Crippen LogP contribution in [0.4, 0.5) is 0 Å². The van der Waals surface area contributed by atoms with Crippen LogP contribution in [0.5, 0.6) is 0 Å². The van der Waals surface area contributed by atoms with Crippen molar-refractivity contribution in [2.75, 3.05) is 19.6 Å². The van der Waals surface area contributed by atoms with E-state index in [0.29, 0.717) is 18.8 Å². The number of nitrogens with zero attached hydrogens (tertiary/aromatic N) is 2. The van der Waals surface area contributed by atoms with Gasteiger partial charge in [0.15, 0.2) is 0 Å². The molecule has 1 aromatic rings. The summed E-state index contributed by atoms with van der Waals surface area (Å²) < 4.78 is 0. The maximum absolute atomic E-state index is 12.2.